The Morgan fingerprint density at radius 1 is 1.00 bits per heavy atom. The zero-order chi connectivity index (χ0) is 13.8. The fourth-order valence-electron chi connectivity index (χ4n) is 1.84. The first kappa shape index (κ1) is 18.1. The second kappa shape index (κ2) is 12.2. The van der Waals surface area contributed by atoms with Gasteiger partial charge in [0.05, 0.1) is 0 Å². The molecule has 0 aliphatic rings. The van der Waals surface area contributed by atoms with E-state index in [1.807, 2.05) is 6.92 Å². The van der Waals surface area contributed by atoms with Gasteiger partial charge >= 0.3 is 122 Å². The Morgan fingerprint density at radius 3 is 1.94 bits per heavy atom. The number of allylic oxidation sites excluding steroid dienone is 2. The van der Waals surface area contributed by atoms with Gasteiger partial charge in [0, 0.05) is 0 Å². The van der Waals surface area contributed by atoms with E-state index in [1.54, 1.807) is 6.08 Å². The molecule has 3 heteroatoms. The molecule has 0 amide bonds. The fraction of sp³-hybridized carbons (Fsp3) is 0.800. The van der Waals surface area contributed by atoms with Crippen molar-refractivity contribution in [2.24, 2.45) is 0 Å². The summed E-state index contributed by atoms with van der Waals surface area (Å²) in [5.74, 6) is 1.16. The number of unbranched alkanes of at least 4 members (excludes halogenated alkanes) is 2. The Bertz CT molecular complexity index is 241. The molecule has 0 aromatic carbocycles. The van der Waals surface area contributed by atoms with E-state index in [-0.39, 0.29) is 5.78 Å². The summed E-state index contributed by atoms with van der Waals surface area (Å²) in [7, 11) is 0. The molecule has 0 rings (SSSR count). The average molecular weight is 446 g/mol. The number of carbonyl (C=O) groups is 1. The molecule has 18 heavy (non-hydrogen) atoms. The van der Waals surface area contributed by atoms with Crippen LogP contribution in [0.15, 0.2) is 11.8 Å². The van der Waals surface area contributed by atoms with Crippen molar-refractivity contribution < 1.29 is 7.48 Å². The van der Waals surface area contributed by atoms with Crippen molar-refractivity contribution in [1.82, 2.24) is 0 Å². The van der Waals surface area contributed by atoms with Crippen LogP contribution in [0, 0.1) is 0 Å². The maximum absolute atomic E-state index is 11.5. The summed E-state index contributed by atoms with van der Waals surface area (Å²) in [6, 6.07) is 0. The molecule has 0 atom stereocenters. The van der Waals surface area contributed by atoms with E-state index in [2.05, 4.69) is 20.8 Å². The number of rotatable bonds is 11. The van der Waals surface area contributed by atoms with Crippen molar-refractivity contribution in [3.05, 3.63) is 11.8 Å². The van der Waals surface area contributed by atoms with Crippen LogP contribution in [0.5, 0.6) is 0 Å². The van der Waals surface area contributed by atoms with Gasteiger partial charge in [-0.3, -0.25) is 0 Å². The minimum absolute atomic E-state index is 0.199. The molecule has 0 fully saturated rings. The SMILES string of the molecule is CCC[CH2][Tl]([CH2]CCC)[O]C(=CC(=O)CC)CC. The molecule has 0 aromatic rings. The van der Waals surface area contributed by atoms with Crippen molar-refractivity contribution in [3.63, 3.8) is 0 Å². The third-order valence-corrected chi connectivity index (χ3v) is 13.7. The van der Waals surface area contributed by atoms with E-state index in [0.29, 0.717) is 6.42 Å². The first-order valence-corrected chi connectivity index (χ1v) is 15.8. The Balaban J connectivity index is 4.39. The monoisotopic (exact) mass is 446 g/mol. The summed E-state index contributed by atoms with van der Waals surface area (Å²) >= 11 is -1.99. The van der Waals surface area contributed by atoms with E-state index in [1.165, 1.54) is 33.6 Å². The Morgan fingerprint density at radius 2 is 1.56 bits per heavy atom. The molecule has 0 aromatic heterocycles. The fourth-order valence-corrected chi connectivity index (χ4v) is 13.2. The zero-order valence-corrected chi connectivity index (χ0v) is 17.1. The minimum atomic E-state index is -1.99. The predicted molar refractivity (Wildman–Crippen MR) is 79.9 cm³/mol. The van der Waals surface area contributed by atoms with Gasteiger partial charge in [0.1, 0.15) is 0 Å². The van der Waals surface area contributed by atoms with Gasteiger partial charge < -0.3 is 0 Å². The van der Waals surface area contributed by atoms with Crippen LogP contribution < -0.4 is 0 Å². The average Bonchev–Trinajstić information content (AvgIpc) is 2.40. The van der Waals surface area contributed by atoms with Crippen molar-refractivity contribution in [2.45, 2.75) is 74.2 Å². The Hall–Kier alpha value is 0.132. The van der Waals surface area contributed by atoms with Crippen LogP contribution in [-0.2, 0) is 7.48 Å². The van der Waals surface area contributed by atoms with Crippen LogP contribution in [0.4, 0.5) is 0 Å². The van der Waals surface area contributed by atoms with Crippen LogP contribution in [0.25, 0.3) is 0 Å². The molecule has 0 radical (unpaired) electrons. The molecule has 0 aliphatic carbocycles. The summed E-state index contributed by atoms with van der Waals surface area (Å²) in [5.41, 5.74) is 0. The van der Waals surface area contributed by atoms with Crippen molar-refractivity contribution in [2.75, 3.05) is 0 Å². The zero-order valence-electron chi connectivity index (χ0n) is 12.6. The molecule has 0 aliphatic heterocycles. The van der Waals surface area contributed by atoms with Crippen LogP contribution >= 0.6 is 0 Å². The molecule has 0 saturated carbocycles. The number of carbonyl (C=O) groups excluding carboxylic acids is 1. The molecule has 2 nitrogen and oxygen atoms in total. The normalized spacial score (nSPS) is 11.4. The van der Waals surface area contributed by atoms with Gasteiger partial charge in [-0.15, -0.1) is 0 Å². The van der Waals surface area contributed by atoms with Crippen LogP contribution in [0.2, 0.25) is 7.96 Å². The van der Waals surface area contributed by atoms with E-state index in [4.69, 9.17) is 2.69 Å². The molecule has 104 valence electrons. The standard InChI is InChI=1S/C7H12O2.2C4H9.Tl/c1-3-6(8)5-7(9)4-2;2*1-3-4-2;/h5,8H,3-4H2,1-2H3;2*1,3-4H2,2H3;/q;;;+1/p-1. The molecule has 0 unspecified atom stereocenters. The van der Waals surface area contributed by atoms with E-state index >= 15 is 0 Å². The quantitative estimate of drug-likeness (QED) is 0.258. The van der Waals surface area contributed by atoms with E-state index < -0.39 is 23.2 Å². The van der Waals surface area contributed by atoms with Gasteiger partial charge in [-0.2, -0.15) is 0 Å². The Labute approximate surface area is 122 Å². The summed E-state index contributed by atoms with van der Waals surface area (Å²) in [6.45, 7) is 8.46. The first-order chi connectivity index (χ1) is 8.67. The third-order valence-electron chi connectivity index (χ3n) is 3.10. The van der Waals surface area contributed by atoms with Gasteiger partial charge in [0.2, 0.25) is 0 Å². The van der Waals surface area contributed by atoms with Gasteiger partial charge in [-0.1, -0.05) is 0 Å². The topological polar surface area (TPSA) is 26.3 Å². The molecular formula is C15H29O2Tl. The van der Waals surface area contributed by atoms with Crippen molar-refractivity contribution >= 4 is 28.9 Å². The summed E-state index contributed by atoms with van der Waals surface area (Å²) in [6.07, 6.45) is 8.29. The summed E-state index contributed by atoms with van der Waals surface area (Å²) in [4.78, 5) is 11.5. The van der Waals surface area contributed by atoms with Gasteiger partial charge in [0.25, 0.3) is 0 Å². The summed E-state index contributed by atoms with van der Waals surface area (Å²) < 4.78 is 8.89. The van der Waals surface area contributed by atoms with E-state index in [0.717, 1.165) is 12.2 Å². The van der Waals surface area contributed by atoms with E-state index in [9.17, 15) is 4.79 Å². The molecular weight excluding hydrogens is 417 g/mol. The number of ketones is 1. The Kier molecular flexibility index (Phi) is 12.3. The van der Waals surface area contributed by atoms with Crippen LogP contribution in [0.3, 0.4) is 0 Å². The molecule has 0 heterocycles. The molecule has 0 saturated heterocycles. The first-order valence-electron chi connectivity index (χ1n) is 7.57. The molecule has 0 spiro atoms. The van der Waals surface area contributed by atoms with Gasteiger partial charge in [-0.25, -0.2) is 0 Å². The second-order valence-corrected chi connectivity index (χ2v) is 15.0. The van der Waals surface area contributed by atoms with Gasteiger partial charge in [0.15, 0.2) is 0 Å². The molecule has 0 N–H and O–H groups in total. The second-order valence-electron chi connectivity index (χ2n) is 4.81. The molecule has 0 bridgehead atoms. The van der Waals surface area contributed by atoms with Crippen molar-refractivity contribution in [3.8, 4) is 0 Å². The maximum atomic E-state index is 11.5. The van der Waals surface area contributed by atoms with Crippen molar-refractivity contribution in [1.29, 1.82) is 0 Å². The third kappa shape index (κ3) is 9.11. The van der Waals surface area contributed by atoms with Gasteiger partial charge in [-0.05, 0) is 0 Å². The summed E-state index contributed by atoms with van der Waals surface area (Å²) in [5, 5.41) is 0. The number of hydrogen-bond acceptors (Lipinski definition) is 2. The van der Waals surface area contributed by atoms with Crippen LogP contribution in [0.1, 0.15) is 66.2 Å². The predicted octanol–water partition coefficient (Wildman–Crippen LogP) is 4.87. The number of hydrogen-bond donors (Lipinski definition) is 0. The van der Waals surface area contributed by atoms with Crippen LogP contribution in [-0.4, -0.2) is 28.9 Å².